The molecule has 9 heteroatoms. The molecular formula is C14H20ClF3N2O2S. The molecule has 1 saturated heterocycles. The normalized spacial score (nSPS) is 22.4. The van der Waals surface area contributed by atoms with E-state index in [9.17, 15) is 21.6 Å². The number of alkyl halides is 3. The second kappa shape index (κ2) is 6.58. The number of halogens is 4. The Morgan fingerprint density at radius 3 is 2.17 bits per heavy atom. The number of hydrogen-bond donors (Lipinski definition) is 1. The first-order valence-electron chi connectivity index (χ1n) is 6.87. The Balaban J connectivity index is 0.00000264. The summed E-state index contributed by atoms with van der Waals surface area (Å²) in [5.74, 6) is 0. The van der Waals surface area contributed by atoms with Gasteiger partial charge in [0.2, 0.25) is 10.0 Å². The quantitative estimate of drug-likeness (QED) is 0.868. The van der Waals surface area contributed by atoms with Crippen LogP contribution in [0.2, 0.25) is 0 Å². The third-order valence-corrected chi connectivity index (χ3v) is 5.96. The van der Waals surface area contributed by atoms with Crippen molar-refractivity contribution >= 4 is 22.4 Å². The van der Waals surface area contributed by atoms with Gasteiger partial charge in [0.25, 0.3) is 0 Å². The Bertz CT molecular complexity index is 645. The average Bonchev–Trinajstić information content (AvgIpc) is 2.41. The highest BCUT2D eigenvalue weighted by atomic mass is 35.5. The summed E-state index contributed by atoms with van der Waals surface area (Å²) in [4.78, 5) is -0.133. The molecule has 1 aromatic rings. The molecule has 4 nitrogen and oxygen atoms in total. The zero-order chi connectivity index (χ0) is 16.8. The molecular weight excluding hydrogens is 353 g/mol. The SMILES string of the molecule is CC1(C)CN(S(=O)(=O)c2ccc(C(F)(F)F)cc2)CCC1N.Cl. The lowest BCUT2D eigenvalue weighted by molar-refractivity contribution is -0.137. The first-order valence-corrected chi connectivity index (χ1v) is 8.31. The molecule has 23 heavy (non-hydrogen) atoms. The molecule has 0 aliphatic carbocycles. The fourth-order valence-corrected chi connectivity index (χ4v) is 4.12. The first kappa shape index (κ1) is 20.2. The topological polar surface area (TPSA) is 63.4 Å². The van der Waals surface area contributed by atoms with Crippen LogP contribution in [-0.4, -0.2) is 31.9 Å². The van der Waals surface area contributed by atoms with E-state index in [0.29, 0.717) is 6.42 Å². The fourth-order valence-electron chi connectivity index (χ4n) is 2.49. The van der Waals surface area contributed by atoms with Crippen LogP contribution in [-0.2, 0) is 16.2 Å². The van der Waals surface area contributed by atoms with Crippen LogP contribution in [0.15, 0.2) is 29.2 Å². The highest BCUT2D eigenvalue weighted by Crippen LogP contribution is 2.33. The summed E-state index contributed by atoms with van der Waals surface area (Å²) >= 11 is 0. The lowest BCUT2D eigenvalue weighted by Crippen LogP contribution is -2.53. The Labute approximate surface area is 140 Å². The van der Waals surface area contributed by atoms with Crippen molar-refractivity contribution in [2.75, 3.05) is 13.1 Å². The van der Waals surface area contributed by atoms with Crippen molar-refractivity contribution < 1.29 is 21.6 Å². The molecule has 1 heterocycles. The minimum Gasteiger partial charge on any atom is -0.327 e. The van der Waals surface area contributed by atoms with Crippen molar-refractivity contribution in [1.82, 2.24) is 4.31 Å². The van der Waals surface area contributed by atoms with E-state index in [1.54, 1.807) is 0 Å². The van der Waals surface area contributed by atoms with Gasteiger partial charge in [-0.3, -0.25) is 0 Å². The van der Waals surface area contributed by atoms with E-state index < -0.39 is 21.8 Å². The van der Waals surface area contributed by atoms with Crippen LogP contribution in [0.25, 0.3) is 0 Å². The number of benzene rings is 1. The lowest BCUT2D eigenvalue weighted by Gasteiger charge is -2.41. The predicted molar refractivity (Wildman–Crippen MR) is 83.8 cm³/mol. The Hall–Kier alpha value is -0.830. The fraction of sp³-hybridized carbons (Fsp3) is 0.571. The van der Waals surface area contributed by atoms with Gasteiger partial charge in [0.1, 0.15) is 0 Å². The molecule has 2 rings (SSSR count). The maximum Gasteiger partial charge on any atom is 0.416 e. The van der Waals surface area contributed by atoms with Crippen LogP contribution in [0, 0.1) is 5.41 Å². The standard InChI is InChI=1S/C14H19F3N2O2S.ClH/c1-13(2)9-19(8-7-12(13)18)22(20,21)11-5-3-10(4-6-11)14(15,16)17;/h3-6,12H,7-9,18H2,1-2H3;1H. The van der Waals surface area contributed by atoms with Gasteiger partial charge in [-0.15, -0.1) is 12.4 Å². The zero-order valence-electron chi connectivity index (χ0n) is 12.8. The van der Waals surface area contributed by atoms with Gasteiger partial charge in [-0.25, -0.2) is 8.42 Å². The third kappa shape index (κ3) is 4.17. The summed E-state index contributed by atoms with van der Waals surface area (Å²) in [6.07, 6.45) is -3.96. The molecule has 0 bridgehead atoms. The largest absolute Gasteiger partial charge is 0.416 e. The van der Waals surface area contributed by atoms with E-state index in [4.69, 9.17) is 5.73 Å². The van der Waals surface area contributed by atoms with Gasteiger partial charge in [-0.2, -0.15) is 17.5 Å². The van der Waals surface area contributed by atoms with Crippen LogP contribution in [0.5, 0.6) is 0 Å². The molecule has 2 N–H and O–H groups in total. The number of piperidine rings is 1. The Kier molecular flexibility index (Phi) is 5.79. The van der Waals surface area contributed by atoms with Gasteiger partial charge in [-0.1, -0.05) is 13.8 Å². The van der Waals surface area contributed by atoms with E-state index in [-0.39, 0.29) is 41.8 Å². The number of sulfonamides is 1. The van der Waals surface area contributed by atoms with Gasteiger partial charge in [0.05, 0.1) is 10.5 Å². The van der Waals surface area contributed by atoms with Gasteiger partial charge in [0.15, 0.2) is 0 Å². The second-order valence-electron chi connectivity index (χ2n) is 6.24. The molecule has 0 saturated carbocycles. The van der Waals surface area contributed by atoms with Crippen molar-refractivity contribution in [3.8, 4) is 0 Å². The van der Waals surface area contributed by atoms with E-state index in [2.05, 4.69) is 0 Å². The molecule has 1 aromatic carbocycles. The summed E-state index contributed by atoms with van der Waals surface area (Å²) < 4.78 is 64.0. The highest BCUT2D eigenvalue weighted by molar-refractivity contribution is 7.89. The van der Waals surface area contributed by atoms with Crippen LogP contribution < -0.4 is 5.73 Å². The van der Waals surface area contributed by atoms with Crippen molar-refractivity contribution in [2.24, 2.45) is 11.1 Å². The number of nitrogens with two attached hydrogens (primary N) is 1. The summed E-state index contributed by atoms with van der Waals surface area (Å²) in [6, 6.07) is 3.47. The summed E-state index contributed by atoms with van der Waals surface area (Å²) in [6.45, 7) is 4.28. The van der Waals surface area contributed by atoms with Crippen LogP contribution in [0.4, 0.5) is 13.2 Å². The minimum atomic E-state index is -4.48. The first-order chi connectivity index (χ1) is 9.94. The Morgan fingerprint density at radius 2 is 1.74 bits per heavy atom. The van der Waals surface area contributed by atoms with Crippen molar-refractivity contribution in [1.29, 1.82) is 0 Å². The Morgan fingerprint density at radius 1 is 1.22 bits per heavy atom. The van der Waals surface area contributed by atoms with Gasteiger partial charge < -0.3 is 5.73 Å². The number of nitrogens with zero attached hydrogens (tertiary/aromatic N) is 1. The molecule has 1 unspecified atom stereocenters. The second-order valence-corrected chi connectivity index (χ2v) is 8.18. The summed E-state index contributed by atoms with van der Waals surface area (Å²) in [5, 5.41) is 0. The maximum atomic E-state index is 12.5. The molecule has 0 aromatic heterocycles. The van der Waals surface area contributed by atoms with Gasteiger partial charge in [0, 0.05) is 19.1 Å². The number of rotatable bonds is 2. The maximum absolute atomic E-state index is 12.5. The van der Waals surface area contributed by atoms with Crippen molar-refractivity contribution in [3.05, 3.63) is 29.8 Å². The van der Waals surface area contributed by atoms with Gasteiger partial charge in [-0.05, 0) is 36.1 Å². The molecule has 1 atom stereocenters. The molecule has 0 spiro atoms. The van der Waals surface area contributed by atoms with E-state index in [0.717, 1.165) is 24.3 Å². The van der Waals surface area contributed by atoms with Crippen molar-refractivity contribution in [3.63, 3.8) is 0 Å². The molecule has 0 radical (unpaired) electrons. The lowest BCUT2D eigenvalue weighted by atomic mass is 9.81. The predicted octanol–water partition coefficient (Wildman–Crippen LogP) is 2.88. The number of hydrogen-bond acceptors (Lipinski definition) is 3. The molecule has 1 aliphatic rings. The van der Waals surface area contributed by atoms with Gasteiger partial charge >= 0.3 is 6.18 Å². The van der Waals surface area contributed by atoms with E-state index in [1.807, 2.05) is 13.8 Å². The summed E-state index contributed by atoms with van der Waals surface area (Å²) in [5.41, 5.74) is 4.73. The van der Waals surface area contributed by atoms with Crippen LogP contribution in [0.3, 0.4) is 0 Å². The molecule has 1 fully saturated rings. The minimum absolute atomic E-state index is 0. The zero-order valence-corrected chi connectivity index (χ0v) is 14.4. The molecule has 0 amide bonds. The van der Waals surface area contributed by atoms with Crippen LogP contribution in [0.1, 0.15) is 25.8 Å². The smallest absolute Gasteiger partial charge is 0.327 e. The molecule has 132 valence electrons. The van der Waals surface area contributed by atoms with E-state index in [1.165, 1.54) is 4.31 Å². The average molecular weight is 373 g/mol. The van der Waals surface area contributed by atoms with Crippen LogP contribution >= 0.6 is 12.4 Å². The summed E-state index contributed by atoms with van der Waals surface area (Å²) in [7, 11) is -3.81. The third-order valence-electron chi connectivity index (χ3n) is 4.10. The van der Waals surface area contributed by atoms with E-state index >= 15 is 0 Å². The highest BCUT2D eigenvalue weighted by Gasteiger charge is 2.39. The monoisotopic (exact) mass is 372 g/mol. The van der Waals surface area contributed by atoms with Crippen molar-refractivity contribution in [2.45, 2.75) is 37.4 Å². The molecule has 1 aliphatic heterocycles.